The predicted molar refractivity (Wildman–Crippen MR) is 72.3 cm³/mol. The molecule has 0 saturated carbocycles. The van der Waals surface area contributed by atoms with E-state index in [-0.39, 0.29) is 4.90 Å². The van der Waals surface area contributed by atoms with Crippen molar-refractivity contribution in [3.8, 4) is 0 Å². The van der Waals surface area contributed by atoms with Crippen LogP contribution in [-0.4, -0.2) is 5.11 Å². The average molecular weight is 298 g/mol. The van der Waals surface area contributed by atoms with Gasteiger partial charge in [-0.3, -0.25) is 0 Å². The molecule has 1 atom stereocenters. The molecule has 0 fully saturated rings. The van der Waals surface area contributed by atoms with Gasteiger partial charge < -0.3 is 5.11 Å². The lowest BCUT2D eigenvalue weighted by Crippen LogP contribution is -1.98. The van der Waals surface area contributed by atoms with E-state index in [4.69, 9.17) is 0 Å². The van der Waals surface area contributed by atoms with Crippen LogP contribution >= 0.6 is 11.8 Å². The lowest BCUT2D eigenvalue weighted by atomic mass is 10.1. The molecule has 0 heterocycles. The Morgan fingerprint density at radius 1 is 1.00 bits per heavy atom. The largest absolute Gasteiger partial charge is 0.389 e. The average Bonchev–Trinajstić information content (AvgIpc) is 2.36. The summed E-state index contributed by atoms with van der Waals surface area (Å²) in [5, 5.41) is 9.68. The van der Waals surface area contributed by atoms with E-state index in [0.29, 0.717) is 16.0 Å². The summed E-state index contributed by atoms with van der Waals surface area (Å²) in [6.45, 7) is 3.10. The monoisotopic (exact) mass is 298 g/mol. The minimum Gasteiger partial charge on any atom is -0.389 e. The van der Waals surface area contributed by atoms with Crippen molar-refractivity contribution in [3.63, 3.8) is 0 Å². The van der Waals surface area contributed by atoms with Crippen molar-refractivity contribution >= 4 is 11.8 Å². The zero-order valence-corrected chi connectivity index (χ0v) is 11.8. The fourth-order valence-corrected chi connectivity index (χ4v) is 2.87. The Bertz CT molecular complexity index is 641. The van der Waals surface area contributed by atoms with Crippen LogP contribution in [0.1, 0.15) is 24.2 Å². The molecular weight excluding hydrogens is 285 g/mol. The van der Waals surface area contributed by atoms with Gasteiger partial charge in [0.1, 0.15) is 17.5 Å². The van der Waals surface area contributed by atoms with Crippen LogP contribution in [0.25, 0.3) is 0 Å². The van der Waals surface area contributed by atoms with E-state index < -0.39 is 23.6 Å². The Labute approximate surface area is 119 Å². The fourth-order valence-electron chi connectivity index (χ4n) is 1.76. The standard InChI is InChI=1S/C15H13F3OS/c1-8-5-15(11(9(2)19)7-12(8)17)20-14-4-3-10(16)6-13(14)18/h3-7,9,19H,1-2H3/t9-/m0/s1. The molecule has 2 rings (SSSR count). The molecule has 0 aliphatic heterocycles. The molecule has 2 aromatic rings. The Morgan fingerprint density at radius 3 is 2.30 bits per heavy atom. The first-order chi connectivity index (χ1) is 9.38. The van der Waals surface area contributed by atoms with E-state index in [9.17, 15) is 18.3 Å². The minimum absolute atomic E-state index is 0.222. The highest BCUT2D eigenvalue weighted by molar-refractivity contribution is 7.99. The van der Waals surface area contributed by atoms with Crippen molar-refractivity contribution in [1.29, 1.82) is 0 Å². The minimum atomic E-state index is -0.879. The van der Waals surface area contributed by atoms with Crippen molar-refractivity contribution in [2.75, 3.05) is 0 Å². The summed E-state index contributed by atoms with van der Waals surface area (Å²) in [5.74, 6) is -1.77. The van der Waals surface area contributed by atoms with Crippen LogP contribution in [0.5, 0.6) is 0 Å². The SMILES string of the molecule is Cc1cc(Sc2ccc(F)cc2F)c([C@H](C)O)cc1F. The van der Waals surface area contributed by atoms with E-state index >= 15 is 0 Å². The Balaban J connectivity index is 2.44. The maximum absolute atomic E-state index is 13.7. The number of hydrogen-bond donors (Lipinski definition) is 1. The quantitative estimate of drug-likeness (QED) is 0.892. The summed E-state index contributed by atoms with van der Waals surface area (Å²) >= 11 is 1.03. The molecule has 1 N–H and O–H groups in total. The molecule has 0 unspecified atom stereocenters. The van der Waals surface area contributed by atoms with Crippen molar-refractivity contribution in [2.24, 2.45) is 0 Å². The highest BCUT2D eigenvalue weighted by Gasteiger charge is 2.15. The molecule has 2 aromatic carbocycles. The van der Waals surface area contributed by atoms with E-state index in [2.05, 4.69) is 0 Å². The van der Waals surface area contributed by atoms with Gasteiger partial charge in [-0.25, -0.2) is 13.2 Å². The van der Waals surface area contributed by atoms with Crippen molar-refractivity contribution in [1.82, 2.24) is 0 Å². The van der Waals surface area contributed by atoms with Gasteiger partial charge in [-0.15, -0.1) is 0 Å². The Kier molecular flexibility index (Phi) is 4.40. The molecule has 1 nitrogen and oxygen atoms in total. The highest BCUT2D eigenvalue weighted by atomic mass is 32.2. The normalized spacial score (nSPS) is 12.5. The van der Waals surface area contributed by atoms with Gasteiger partial charge >= 0.3 is 0 Å². The van der Waals surface area contributed by atoms with Gasteiger partial charge in [-0.1, -0.05) is 11.8 Å². The van der Waals surface area contributed by atoms with E-state index in [1.807, 2.05) is 0 Å². The summed E-state index contributed by atoms with van der Waals surface area (Å²) in [6, 6.07) is 6.05. The van der Waals surface area contributed by atoms with Crippen LogP contribution in [0, 0.1) is 24.4 Å². The molecule has 20 heavy (non-hydrogen) atoms. The first-order valence-corrected chi connectivity index (χ1v) is 6.81. The number of benzene rings is 2. The predicted octanol–water partition coefficient (Wildman–Crippen LogP) is 4.62. The second kappa shape index (κ2) is 5.89. The number of hydrogen-bond acceptors (Lipinski definition) is 2. The van der Waals surface area contributed by atoms with Gasteiger partial charge in [0.25, 0.3) is 0 Å². The molecule has 106 valence electrons. The third kappa shape index (κ3) is 3.16. The van der Waals surface area contributed by atoms with Gasteiger partial charge in [-0.05, 0) is 49.2 Å². The van der Waals surface area contributed by atoms with E-state index in [1.54, 1.807) is 13.0 Å². The second-order valence-corrected chi connectivity index (χ2v) is 5.58. The van der Waals surface area contributed by atoms with Crippen LogP contribution < -0.4 is 0 Å². The number of aliphatic hydroxyl groups excluding tert-OH is 1. The van der Waals surface area contributed by atoms with Gasteiger partial charge in [0.05, 0.1) is 6.10 Å². The van der Waals surface area contributed by atoms with Gasteiger partial charge in [0, 0.05) is 15.9 Å². The first kappa shape index (κ1) is 14.9. The number of aliphatic hydroxyl groups is 1. The molecule has 0 saturated heterocycles. The van der Waals surface area contributed by atoms with Crippen LogP contribution in [0.2, 0.25) is 0 Å². The van der Waals surface area contributed by atoms with Crippen LogP contribution in [0.4, 0.5) is 13.2 Å². The summed E-state index contributed by atoms with van der Waals surface area (Å²) in [5.41, 5.74) is 0.779. The van der Waals surface area contributed by atoms with Gasteiger partial charge in [0.2, 0.25) is 0 Å². The Hall–Kier alpha value is -1.46. The zero-order valence-electron chi connectivity index (χ0n) is 11.0. The summed E-state index contributed by atoms with van der Waals surface area (Å²) < 4.78 is 40.1. The maximum atomic E-state index is 13.7. The van der Waals surface area contributed by atoms with Crippen molar-refractivity contribution < 1.29 is 18.3 Å². The van der Waals surface area contributed by atoms with Crippen molar-refractivity contribution in [3.05, 3.63) is 58.9 Å². The topological polar surface area (TPSA) is 20.2 Å². The molecule has 0 bridgehead atoms. The molecule has 0 aromatic heterocycles. The molecule has 0 aliphatic rings. The third-order valence-electron chi connectivity index (χ3n) is 2.85. The third-order valence-corrected chi connectivity index (χ3v) is 3.98. The van der Waals surface area contributed by atoms with Crippen molar-refractivity contribution in [2.45, 2.75) is 29.7 Å². The molecule has 0 aliphatic carbocycles. The molecule has 5 heteroatoms. The molecule has 0 radical (unpaired) electrons. The summed E-state index contributed by atoms with van der Waals surface area (Å²) in [7, 11) is 0. The molecular formula is C15H13F3OS. The summed E-state index contributed by atoms with van der Waals surface area (Å²) in [4.78, 5) is 0.767. The van der Waals surface area contributed by atoms with Gasteiger partial charge in [0.15, 0.2) is 0 Å². The second-order valence-electron chi connectivity index (χ2n) is 4.49. The lowest BCUT2D eigenvalue weighted by molar-refractivity contribution is 0.196. The van der Waals surface area contributed by atoms with Crippen LogP contribution in [0.15, 0.2) is 40.1 Å². The van der Waals surface area contributed by atoms with E-state index in [0.717, 1.165) is 23.9 Å². The molecule has 0 amide bonds. The highest BCUT2D eigenvalue weighted by Crippen LogP contribution is 2.36. The maximum Gasteiger partial charge on any atom is 0.140 e. The zero-order chi connectivity index (χ0) is 14.9. The van der Waals surface area contributed by atoms with Crippen LogP contribution in [0.3, 0.4) is 0 Å². The fraction of sp³-hybridized carbons (Fsp3) is 0.200. The number of rotatable bonds is 3. The number of aryl methyl sites for hydroxylation is 1. The van der Waals surface area contributed by atoms with Crippen LogP contribution in [-0.2, 0) is 0 Å². The van der Waals surface area contributed by atoms with E-state index in [1.165, 1.54) is 19.1 Å². The Morgan fingerprint density at radius 2 is 1.70 bits per heavy atom. The summed E-state index contributed by atoms with van der Waals surface area (Å²) in [6.07, 6.45) is -0.879. The number of halogens is 3. The smallest absolute Gasteiger partial charge is 0.140 e. The molecule has 0 spiro atoms. The lowest BCUT2D eigenvalue weighted by Gasteiger charge is -2.13. The first-order valence-electron chi connectivity index (χ1n) is 5.99. The van der Waals surface area contributed by atoms with Gasteiger partial charge in [-0.2, -0.15) is 0 Å².